The van der Waals surface area contributed by atoms with Gasteiger partial charge in [-0.05, 0) is 23.8 Å². The standard InChI is InChI=1S/C14H15ClN2O2.ClH/c15-8-1-2-12-10(5-8)9-6-13(18)17-14(19-12)3-4-16-7-11(9)14;/h1-2,5,9,11,16H,3-4,6-7H2,(H,17,18);1H/t9-,11+,14+;/m0./s1. The molecule has 20 heavy (non-hydrogen) atoms. The molecular formula is C14H16Cl2N2O2. The quantitative estimate of drug-likeness (QED) is 0.770. The highest BCUT2D eigenvalue weighted by Gasteiger charge is 2.55. The van der Waals surface area contributed by atoms with E-state index in [4.69, 9.17) is 16.3 Å². The lowest BCUT2D eigenvalue weighted by Crippen LogP contribution is -2.69. The number of carbonyl (C=O) groups excluding carboxylic acids is 1. The molecule has 3 heterocycles. The molecule has 2 fully saturated rings. The molecule has 3 atom stereocenters. The van der Waals surface area contributed by atoms with Crippen LogP contribution < -0.4 is 15.4 Å². The number of piperidine rings is 2. The van der Waals surface area contributed by atoms with Gasteiger partial charge in [-0.15, -0.1) is 12.4 Å². The minimum atomic E-state index is -0.522. The van der Waals surface area contributed by atoms with Crippen LogP contribution in [0.1, 0.15) is 24.3 Å². The van der Waals surface area contributed by atoms with Crippen LogP contribution in [0.5, 0.6) is 5.75 Å². The van der Waals surface area contributed by atoms with E-state index in [1.807, 2.05) is 18.2 Å². The Kier molecular flexibility index (Phi) is 3.35. The summed E-state index contributed by atoms with van der Waals surface area (Å²) >= 11 is 6.09. The van der Waals surface area contributed by atoms with Gasteiger partial charge in [0.25, 0.3) is 0 Å². The first-order valence-electron chi connectivity index (χ1n) is 6.68. The second kappa shape index (κ2) is 4.79. The van der Waals surface area contributed by atoms with Gasteiger partial charge in [-0.25, -0.2) is 0 Å². The summed E-state index contributed by atoms with van der Waals surface area (Å²) in [6, 6.07) is 5.71. The molecule has 0 unspecified atom stereocenters. The minimum absolute atomic E-state index is 0. The Hall–Kier alpha value is -0.970. The van der Waals surface area contributed by atoms with Crippen LogP contribution in [0, 0.1) is 5.92 Å². The van der Waals surface area contributed by atoms with Crippen molar-refractivity contribution in [3.63, 3.8) is 0 Å². The van der Waals surface area contributed by atoms with E-state index in [0.29, 0.717) is 11.4 Å². The monoisotopic (exact) mass is 314 g/mol. The van der Waals surface area contributed by atoms with Crippen LogP contribution in [0.25, 0.3) is 0 Å². The van der Waals surface area contributed by atoms with Gasteiger partial charge in [0.1, 0.15) is 5.75 Å². The molecule has 3 aliphatic rings. The van der Waals surface area contributed by atoms with Crippen LogP contribution in [0.4, 0.5) is 0 Å². The van der Waals surface area contributed by atoms with E-state index in [1.165, 1.54) is 0 Å². The fourth-order valence-electron chi connectivity index (χ4n) is 3.71. The Morgan fingerprint density at radius 1 is 1.40 bits per heavy atom. The number of hydrogen-bond donors (Lipinski definition) is 2. The summed E-state index contributed by atoms with van der Waals surface area (Å²) < 4.78 is 6.19. The Balaban J connectivity index is 0.00000121. The van der Waals surface area contributed by atoms with Crippen molar-refractivity contribution in [2.45, 2.75) is 24.5 Å². The average Bonchev–Trinajstić information content (AvgIpc) is 2.38. The zero-order valence-electron chi connectivity index (χ0n) is 10.8. The summed E-state index contributed by atoms with van der Waals surface area (Å²) in [4.78, 5) is 12.0. The highest BCUT2D eigenvalue weighted by atomic mass is 35.5. The van der Waals surface area contributed by atoms with Crippen molar-refractivity contribution in [2.75, 3.05) is 13.1 Å². The Morgan fingerprint density at radius 2 is 2.25 bits per heavy atom. The smallest absolute Gasteiger partial charge is 0.223 e. The van der Waals surface area contributed by atoms with E-state index < -0.39 is 5.72 Å². The molecule has 2 saturated heterocycles. The van der Waals surface area contributed by atoms with Crippen molar-refractivity contribution in [3.05, 3.63) is 28.8 Å². The van der Waals surface area contributed by atoms with Gasteiger partial charge < -0.3 is 15.4 Å². The predicted octanol–water partition coefficient (Wildman–Crippen LogP) is 2.06. The molecular weight excluding hydrogens is 299 g/mol. The van der Waals surface area contributed by atoms with E-state index >= 15 is 0 Å². The second-order valence-corrected chi connectivity index (χ2v) is 6.03. The number of carbonyl (C=O) groups is 1. The van der Waals surface area contributed by atoms with Crippen LogP contribution in [0.15, 0.2) is 18.2 Å². The lowest BCUT2D eigenvalue weighted by molar-refractivity contribution is -0.146. The van der Waals surface area contributed by atoms with Crippen LogP contribution >= 0.6 is 24.0 Å². The highest BCUT2D eigenvalue weighted by molar-refractivity contribution is 6.30. The third kappa shape index (κ3) is 1.90. The summed E-state index contributed by atoms with van der Waals surface area (Å²) in [6.45, 7) is 1.74. The molecule has 1 amide bonds. The summed E-state index contributed by atoms with van der Waals surface area (Å²) in [5.74, 6) is 1.43. The third-order valence-corrected chi connectivity index (χ3v) is 4.78. The molecule has 4 nitrogen and oxygen atoms in total. The van der Waals surface area contributed by atoms with Crippen molar-refractivity contribution >= 4 is 29.9 Å². The van der Waals surface area contributed by atoms with Gasteiger partial charge in [0.2, 0.25) is 5.91 Å². The lowest BCUT2D eigenvalue weighted by atomic mass is 9.69. The molecule has 0 spiro atoms. The van der Waals surface area contributed by atoms with Gasteiger partial charge in [0.05, 0.1) is 0 Å². The molecule has 4 rings (SSSR count). The van der Waals surface area contributed by atoms with Crippen LogP contribution in [-0.4, -0.2) is 24.7 Å². The number of benzene rings is 1. The molecule has 1 aromatic rings. The van der Waals surface area contributed by atoms with E-state index in [1.54, 1.807) is 0 Å². The van der Waals surface area contributed by atoms with E-state index in [-0.39, 0.29) is 30.2 Å². The summed E-state index contributed by atoms with van der Waals surface area (Å²) in [7, 11) is 0. The average molecular weight is 315 g/mol. The number of nitrogens with one attached hydrogen (secondary N) is 2. The van der Waals surface area contributed by atoms with E-state index in [9.17, 15) is 4.79 Å². The molecule has 0 aliphatic carbocycles. The number of ether oxygens (including phenoxy) is 1. The topological polar surface area (TPSA) is 50.4 Å². The first-order valence-corrected chi connectivity index (χ1v) is 7.06. The van der Waals surface area contributed by atoms with Gasteiger partial charge in [-0.2, -0.15) is 0 Å². The number of hydrogen-bond acceptors (Lipinski definition) is 3. The molecule has 2 bridgehead atoms. The SMILES string of the molecule is Cl.O=C1C[C@H]2c3cc(Cl)ccc3O[C@@]3(CCNC[C@H]23)N1. The van der Waals surface area contributed by atoms with Crippen molar-refractivity contribution in [2.24, 2.45) is 5.92 Å². The maximum atomic E-state index is 12.0. The van der Waals surface area contributed by atoms with Crippen LogP contribution in [0.2, 0.25) is 5.02 Å². The first-order chi connectivity index (χ1) is 9.18. The summed E-state index contributed by atoms with van der Waals surface area (Å²) in [5.41, 5.74) is 0.554. The van der Waals surface area contributed by atoms with Gasteiger partial charge >= 0.3 is 0 Å². The summed E-state index contributed by atoms with van der Waals surface area (Å²) in [5, 5.41) is 7.19. The number of fused-ring (bicyclic) bond motifs is 2. The van der Waals surface area contributed by atoms with Gasteiger partial charge in [0.15, 0.2) is 5.72 Å². The van der Waals surface area contributed by atoms with Gasteiger partial charge in [-0.3, -0.25) is 4.79 Å². The Bertz CT molecular complexity index is 566. The molecule has 6 heteroatoms. The predicted molar refractivity (Wildman–Crippen MR) is 78.5 cm³/mol. The normalized spacial score (nSPS) is 34.0. The number of rotatable bonds is 0. The maximum Gasteiger partial charge on any atom is 0.223 e. The second-order valence-electron chi connectivity index (χ2n) is 5.59. The van der Waals surface area contributed by atoms with Crippen LogP contribution in [0.3, 0.4) is 0 Å². The lowest BCUT2D eigenvalue weighted by Gasteiger charge is -2.54. The zero-order valence-corrected chi connectivity index (χ0v) is 12.4. The Morgan fingerprint density at radius 3 is 3.10 bits per heavy atom. The van der Waals surface area contributed by atoms with Crippen molar-refractivity contribution in [1.82, 2.24) is 10.6 Å². The first kappa shape index (κ1) is 14.0. The fraction of sp³-hybridized carbons (Fsp3) is 0.500. The Labute approximate surface area is 128 Å². The summed E-state index contributed by atoms with van der Waals surface area (Å²) in [6.07, 6.45) is 1.33. The number of amides is 1. The molecule has 0 radical (unpaired) electrons. The van der Waals surface area contributed by atoms with E-state index in [0.717, 1.165) is 30.8 Å². The molecule has 0 aromatic heterocycles. The van der Waals surface area contributed by atoms with Crippen molar-refractivity contribution in [3.8, 4) is 5.75 Å². The number of halogens is 2. The molecule has 108 valence electrons. The highest BCUT2D eigenvalue weighted by Crippen LogP contribution is 2.50. The van der Waals surface area contributed by atoms with Crippen molar-refractivity contribution < 1.29 is 9.53 Å². The van der Waals surface area contributed by atoms with E-state index in [2.05, 4.69) is 10.6 Å². The van der Waals surface area contributed by atoms with Gasteiger partial charge in [0, 0.05) is 42.8 Å². The molecule has 2 N–H and O–H groups in total. The van der Waals surface area contributed by atoms with Gasteiger partial charge in [-0.1, -0.05) is 11.6 Å². The molecule has 0 saturated carbocycles. The fourth-order valence-corrected chi connectivity index (χ4v) is 3.89. The molecule has 1 aromatic carbocycles. The zero-order chi connectivity index (χ0) is 13.0. The third-order valence-electron chi connectivity index (χ3n) is 4.54. The van der Waals surface area contributed by atoms with Crippen LogP contribution in [-0.2, 0) is 4.79 Å². The maximum absolute atomic E-state index is 12.0. The van der Waals surface area contributed by atoms with Crippen molar-refractivity contribution in [1.29, 1.82) is 0 Å². The molecule has 3 aliphatic heterocycles. The largest absolute Gasteiger partial charge is 0.467 e. The minimum Gasteiger partial charge on any atom is -0.467 e.